The van der Waals surface area contributed by atoms with Crippen molar-refractivity contribution in [2.75, 3.05) is 4.90 Å². The van der Waals surface area contributed by atoms with Crippen LogP contribution in [0.1, 0.15) is 27.7 Å². The zero-order valence-electron chi connectivity index (χ0n) is 21.9. The number of hydrogen-bond donors (Lipinski definition) is 0. The Morgan fingerprint density at radius 3 is 1.24 bits per heavy atom. The van der Waals surface area contributed by atoms with E-state index >= 15 is 0 Å². The Balaban J connectivity index is 1.78. The van der Waals surface area contributed by atoms with E-state index in [-0.39, 0.29) is 0 Å². The zero-order valence-corrected chi connectivity index (χ0v) is 21.9. The van der Waals surface area contributed by atoms with Gasteiger partial charge in [0.05, 0.1) is 0 Å². The standard InChI is InChI=1S/C33H32N4/c1-23(2)21-25(5)37(26(6)22-24(3)4)30-19-17-29(18-20-30)33-35-31(27-13-9-7-10-14-27)34-32(36-33)28-15-11-8-12-16-28/h7-22H,5-6H2,1-4H3. The summed E-state index contributed by atoms with van der Waals surface area (Å²) in [6.07, 6.45) is 4.12. The second kappa shape index (κ2) is 11.4. The predicted octanol–water partition coefficient (Wildman–Crippen LogP) is 8.64. The summed E-state index contributed by atoms with van der Waals surface area (Å²) in [4.78, 5) is 16.5. The normalized spacial score (nSPS) is 10.4. The smallest absolute Gasteiger partial charge is 0.164 e. The van der Waals surface area contributed by atoms with Gasteiger partial charge in [0.2, 0.25) is 0 Å². The molecule has 0 amide bonds. The number of rotatable bonds is 8. The van der Waals surface area contributed by atoms with Gasteiger partial charge >= 0.3 is 0 Å². The molecule has 0 fully saturated rings. The Labute approximate surface area is 220 Å². The molecule has 184 valence electrons. The van der Waals surface area contributed by atoms with Crippen molar-refractivity contribution in [1.29, 1.82) is 0 Å². The quantitative estimate of drug-likeness (QED) is 0.235. The zero-order chi connectivity index (χ0) is 26.4. The van der Waals surface area contributed by atoms with Crippen molar-refractivity contribution >= 4 is 5.69 Å². The number of anilines is 1. The summed E-state index contributed by atoms with van der Waals surface area (Å²) >= 11 is 0. The second-order valence-electron chi connectivity index (χ2n) is 9.35. The van der Waals surface area contributed by atoms with Crippen LogP contribution in [-0.4, -0.2) is 15.0 Å². The minimum absolute atomic E-state index is 0.622. The van der Waals surface area contributed by atoms with E-state index in [1.54, 1.807) is 0 Å². The SMILES string of the molecule is C=C(C=C(C)C)N(C(=C)C=C(C)C)c1ccc(-c2nc(-c3ccccc3)nc(-c3ccccc3)n2)cc1. The first-order valence-corrected chi connectivity index (χ1v) is 12.3. The van der Waals surface area contributed by atoms with Crippen molar-refractivity contribution in [1.82, 2.24) is 15.0 Å². The van der Waals surface area contributed by atoms with Crippen molar-refractivity contribution < 1.29 is 0 Å². The third kappa shape index (κ3) is 6.36. The molecule has 0 saturated heterocycles. The first-order valence-electron chi connectivity index (χ1n) is 12.3. The fraction of sp³-hybridized carbons (Fsp3) is 0.121. The van der Waals surface area contributed by atoms with E-state index in [4.69, 9.17) is 15.0 Å². The van der Waals surface area contributed by atoms with Gasteiger partial charge in [0.25, 0.3) is 0 Å². The second-order valence-corrected chi connectivity index (χ2v) is 9.35. The monoisotopic (exact) mass is 484 g/mol. The molecule has 3 aromatic carbocycles. The minimum Gasteiger partial charge on any atom is -0.312 e. The van der Waals surface area contributed by atoms with Gasteiger partial charge in [-0.25, -0.2) is 15.0 Å². The number of hydrogen-bond acceptors (Lipinski definition) is 4. The Morgan fingerprint density at radius 1 is 0.541 bits per heavy atom. The van der Waals surface area contributed by atoms with E-state index in [9.17, 15) is 0 Å². The molecule has 37 heavy (non-hydrogen) atoms. The van der Waals surface area contributed by atoms with Crippen LogP contribution in [-0.2, 0) is 0 Å². The predicted molar refractivity (Wildman–Crippen MR) is 156 cm³/mol. The first kappa shape index (κ1) is 25.5. The first-order chi connectivity index (χ1) is 17.8. The molecule has 4 heteroatoms. The van der Waals surface area contributed by atoms with E-state index in [0.29, 0.717) is 17.5 Å². The van der Waals surface area contributed by atoms with Crippen molar-refractivity contribution in [2.45, 2.75) is 27.7 Å². The van der Waals surface area contributed by atoms with Gasteiger partial charge in [0.15, 0.2) is 17.5 Å². The molecule has 0 bridgehead atoms. The topological polar surface area (TPSA) is 41.9 Å². The van der Waals surface area contributed by atoms with Crippen LogP contribution in [0.4, 0.5) is 5.69 Å². The van der Waals surface area contributed by atoms with Crippen LogP contribution < -0.4 is 4.90 Å². The summed E-state index contributed by atoms with van der Waals surface area (Å²) in [5.74, 6) is 1.91. The van der Waals surface area contributed by atoms with Gasteiger partial charge in [-0.1, -0.05) is 85.0 Å². The van der Waals surface area contributed by atoms with Gasteiger partial charge in [-0.3, -0.25) is 0 Å². The van der Waals surface area contributed by atoms with Crippen LogP contribution in [0.5, 0.6) is 0 Å². The third-order valence-electron chi connectivity index (χ3n) is 5.57. The van der Waals surface area contributed by atoms with Crippen molar-refractivity contribution in [3.63, 3.8) is 0 Å². The number of aromatic nitrogens is 3. The van der Waals surface area contributed by atoms with Crippen LogP contribution in [0.25, 0.3) is 34.2 Å². The maximum absolute atomic E-state index is 4.83. The molecule has 1 aromatic heterocycles. The number of allylic oxidation sites excluding steroid dienone is 4. The average molecular weight is 485 g/mol. The van der Waals surface area contributed by atoms with Crippen LogP contribution in [0.2, 0.25) is 0 Å². The van der Waals surface area contributed by atoms with Crippen LogP contribution >= 0.6 is 0 Å². The lowest BCUT2D eigenvalue weighted by molar-refractivity contribution is 1.07. The lowest BCUT2D eigenvalue weighted by atomic mass is 10.1. The van der Waals surface area contributed by atoms with Crippen molar-refractivity contribution in [3.8, 4) is 34.2 Å². The van der Waals surface area contributed by atoms with Gasteiger partial charge in [0.1, 0.15) is 0 Å². The van der Waals surface area contributed by atoms with E-state index in [1.807, 2.05) is 72.8 Å². The van der Waals surface area contributed by atoms with E-state index in [1.165, 1.54) is 11.1 Å². The molecule has 1 heterocycles. The molecular weight excluding hydrogens is 452 g/mol. The highest BCUT2D eigenvalue weighted by Crippen LogP contribution is 2.29. The van der Waals surface area contributed by atoms with Crippen LogP contribution in [0.15, 0.2) is 133 Å². The molecule has 4 rings (SSSR count). The van der Waals surface area contributed by atoms with E-state index < -0.39 is 0 Å². The van der Waals surface area contributed by atoms with Crippen molar-refractivity contribution in [2.24, 2.45) is 0 Å². The lowest BCUT2D eigenvalue weighted by Gasteiger charge is -2.26. The molecule has 0 unspecified atom stereocenters. The molecule has 0 aliphatic rings. The average Bonchev–Trinajstić information content (AvgIpc) is 2.89. The highest BCUT2D eigenvalue weighted by molar-refractivity contribution is 5.69. The molecule has 0 radical (unpaired) electrons. The van der Waals surface area contributed by atoms with Gasteiger partial charge in [-0.05, 0) is 64.1 Å². The largest absolute Gasteiger partial charge is 0.312 e. The minimum atomic E-state index is 0.622. The van der Waals surface area contributed by atoms with E-state index in [0.717, 1.165) is 33.8 Å². The van der Waals surface area contributed by atoms with Crippen LogP contribution in [0.3, 0.4) is 0 Å². The summed E-state index contributed by atoms with van der Waals surface area (Å²) in [5, 5.41) is 0. The summed E-state index contributed by atoms with van der Waals surface area (Å²) in [6.45, 7) is 16.8. The molecule has 0 atom stereocenters. The van der Waals surface area contributed by atoms with Gasteiger partial charge in [-0.15, -0.1) is 0 Å². The molecule has 4 aromatic rings. The fourth-order valence-corrected chi connectivity index (χ4v) is 4.01. The van der Waals surface area contributed by atoms with Gasteiger partial charge in [0, 0.05) is 33.8 Å². The highest BCUT2D eigenvalue weighted by Gasteiger charge is 2.15. The molecule has 0 aliphatic carbocycles. The Morgan fingerprint density at radius 2 is 0.892 bits per heavy atom. The maximum atomic E-state index is 4.83. The molecular formula is C33H32N4. The lowest BCUT2D eigenvalue weighted by Crippen LogP contribution is -2.18. The summed E-state index contributed by atoms with van der Waals surface area (Å²) in [5.41, 5.74) is 7.81. The molecule has 0 spiro atoms. The summed E-state index contributed by atoms with van der Waals surface area (Å²) in [7, 11) is 0. The van der Waals surface area contributed by atoms with E-state index in [2.05, 4.69) is 70.0 Å². The summed E-state index contributed by atoms with van der Waals surface area (Å²) in [6, 6.07) is 28.2. The number of nitrogens with zero attached hydrogens (tertiary/aromatic N) is 4. The molecule has 0 N–H and O–H groups in total. The third-order valence-corrected chi connectivity index (χ3v) is 5.57. The Kier molecular flexibility index (Phi) is 7.89. The molecule has 4 nitrogen and oxygen atoms in total. The van der Waals surface area contributed by atoms with Crippen molar-refractivity contribution in [3.05, 3.63) is 133 Å². The van der Waals surface area contributed by atoms with Gasteiger partial charge < -0.3 is 4.90 Å². The Hall–Kier alpha value is -4.57. The molecule has 0 aliphatic heterocycles. The number of benzene rings is 3. The Bertz CT molecular complexity index is 1370. The van der Waals surface area contributed by atoms with Crippen LogP contribution in [0, 0.1) is 0 Å². The van der Waals surface area contributed by atoms with Gasteiger partial charge in [-0.2, -0.15) is 0 Å². The summed E-state index contributed by atoms with van der Waals surface area (Å²) < 4.78 is 0. The fourth-order valence-electron chi connectivity index (χ4n) is 4.01. The highest BCUT2D eigenvalue weighted by atomic mass is 15.1. The molecule has 0 saturated carbocycles. The maximum Gasteiger partial charge on any atom is 0.164 e.